The summed E-state index contributed by atoms with van der Waals surface area (Å²) >= 11 is 0. The van der Waals surface area contributed by atoms with Crippen LogP contribution in [0, 0.1) is 0 Å². The minimum Gasteiger partial charge on any atom is -0.458 e. The molecule has 0 spiro atoms. The average molecular weight is 581 g/mol. The van der Waals surface area contributed by atoms with Crippen molar-refractivity contribution < 1.29 is 37.3 Å². The van der Waals surface area contributed by atoms with Gasteiger partial charge in [0.1, 0.15) is 6.10 Å². The lowest BCUT2D eigenvalue weighted by Gasteiger charge is -2.23. The van der Waals surface area contributed by atoms with Crippen molar-refractivity contribution in [3.05, 3.63) is 0 Å². The topological polar surface area (TPSA) is 91.3 Å². The first-order valence-electron chi connectivity index (χ1n) is 15.7. The Morgan fingerprint density at radius 1 is 0.692 bits per heavy atom. The number of hydrogen-bond donors (Lipinski definition) is 1. The number of carbonyl (C=O) groups excluding carboxylic acids is 1. The fourth-order valence-corrected chi connectivity index (χ4v) is 5.19. The van der Waals surface area contributed by atoms with E-state index in [2.05, 4.69) is 28.1 Å². The molecule has 0 aromatic carbocycles. The average Bonchev–Trinajstić information content (AvgIpc) is 2.85. The van der Waals surface area contributed by atoms with Gasteiger partial charge in [-0.25, -0.2) is 4.57 Å². The van der Waals surface area contributed by atoms with Crippen molar-refractivity contribution in [3.8, 4) is 0 Å². The van der Waals surface area contributed by atoms with E-state index in [0.717, 1.165) is 43.1 Å². The first kappa shape index (κ1) is 38.5. The molecule has 9 heteroatoms. The maximum atomic E-state index is 12.2. The van der Waals surface area contributed by atoms with Crippen LogP contribution in [0.25, 0.3) is 0 Å². The second kappa shape index (κ2) is 25.2. The predicted molar refractivity (Wildman–Crippen MR) is 160 cm³/mol. The second-order valence-corrected chi connectivity index (χ2v) is 13.4. The maximum absolute atomic E-state index is 12.2. The summed E-state index contributed by atoms with van der Waals surface area (Å²) in [7, 11) is 2.29. The van der Waals surface area contributed by atoms with Gasteiger partial charge in [-0.2, -0.15) is 0 Å². The Morgan fingerprint density at radius 2 is 1.15 bits per heavy atom. The van der Waals surface area contributed by atoms with Crippen molar-refractivity contribution >= 4 is 13.8 Å². The SMILES string of the molecule is CCCCCCCCCCCCCCCCOC[C@H](COP(=O)(O)OCCCCCC[N+](C)(C)C)OC(C)=O. The van der Waals surface area contributed by atoms with Crippen molar-refractivity contribution in [1.29, 1.82) is 0 Å². The molecule has 0 aromatic heterocycles. The molecule has 1 N–H and O–H groups in total. The highest BCUT2D eigenvalue weighted by Crippen LogP contribution is 2.43. The molecular formula is C30H63NO7P+. The number of esters is 1. The molecule has 0 saturated heterocycles. The highest BCUT2D eigenvalue weighted by Gasteiger charge is 2.24. The molecular weight excluding hydrogens is 517 g/mol. The summed E-state index contributed by atoms with van der Waals surface area (Å²) < 4.78 is 34.1. The first-order valence-corrected chi connectivity index (χ1v) is 17.2. The van der Waals surface area contributed by atoms with E-state index in [1.165, 1.54) is 84.0 Å². The highest BCUT2D eigenvalue weighted by molar-refractivity contribution is 7.47. The van der Waals surface area contributed by atoms with E-state index in [-0.39, 0.29) is 19.8 Å². The van der Waals surface area contributed by atoms with Crippen LogP contribution in [0.2, 0.25) is 0 Å². The smallest absolute Gasteiger partial charge is 0.458 e. The molecule has 1 unspecified atom stereocenters. The van der Waals surface area contributed by atoms with E-state index in [1.807, 2.05) is 0 Å². The number of carbonyl (C=O) groups is 1. The summed E-state index contributed by atoms with van der Waals surface area (Å²) in [5.74, 6) is -0.480. The van der Waals surface area contributed by atoms with Crippen molar-refractivity contribution in [2.45, 2.75) is 136 Å². The number of nitrogens with zero attached hydrogens (tertiary/aromatic N) is 1. The Morgan fingerprint density at radius 3 is 1.64 bits per heavy atom. The zero-order valence-corrected chi connectivity index (χ0v) is 27.0. The maximum Gasteiger partial charge on any atom is 0.472 e. The molecule has 0 fully saturated rings. The fourth-order valence-electron chi connectivity index (χ4n) is 4.40. The molecule has 0 aromatic rings. The molecule has 0 saturated carbocycles. The van der Waals surface area contributed by atoms with E-state index < -0.39 is 19.9 Å². The minimum absolute atomic E-state index is 0.129. The minimum atomic E-state index is -4.20. The molecule has 39 heavy (non-hydrogen) atoms. The molecule has 0 amide bonds. The molecule has 8 nitrogen and oxygen atoms in total. The number of phosphoric ester groups is 1. The summed E-state index contributed by atoms with van der Waals surface area (Å²) in [6.45, 7) is 5.28. The normalized spacial score (nSPS) is 14.3. The lowest BCUT2D eigenvalue weighted by Crippen LogP contribution is -2.35. The van der Waals surface area contributed by atoms with Crippen LogP contribution >= 0.6 is 7.82 Å². The summed E-state index contributed by atoms with van der Waals surface area (Å²) in [5, 5.41) is 0. The summed E-state index contributed by atoms with van der Waals surface area (Å²) in [5.41, 5.74) is 0. The number of ether oxygens (including phenoxy) is 2. The van der Waals surface area contributed by atoms with Crippen LogP contribution in [0.3, 0.4) is 0 Å². The van der Waals surface area contributed by atoms with Gasteiger partial charge in [-0.15, -0.1) is 0 Å². The quantitative estimate of drug-likeness (QED) is 0.0417. The van der Waals surface area contributed by atoms with Gasteiger partial charge < -0.3 is 18.9 Å². The van der Waals surface area contributed by atoms with Crippen LogP contribution in [0.15, 0.2) is 0 Å². The van der Waals surface area contributed by atoms with Crippen molar-refractivity contribution in [2.24, 2.45) is 0 Å². The van der Waals surface area contributed by atoms with Crippen LogP contribution < -0.4 is 0 Å². The van der Waals surface area contributed by atoms with Crippen LogP contribution in [-0.2, 0) is 27.9 Å². The molecule has 2 atom stereocenters. The lowest BCUT2D eigenvalue weighted by molar-refractivity contribution is -0.870. The van der Waals surface area contributed by atoms with Gasteiger partial charge in [-0.1, -0.05) is 96.8 Å². The van der Waals surface area contributed by atoms with Crippen LogP contribution in [0.4, 0.5) is 0 Å². The zero-order valence-electron chi connectivity index (χ0n) is 26.1. The van der Waals surface area contributed by atoms with Crippen LogP contribution in [0.5, 0.6) is 0 Å². The summed E-state index contributed by atoms with van der Waals surface area (Å²) in [4.78, 5) is 21.4. The van der Waals surface area contributed by atoms with Gasteiger partial charge >= 0.3 is 13.8 Å². The molecule has 0 heterocycles. The number of phosphoric acid groups is 1. The van der Waals surface area contributed by atoms with Gasteiger partial charge in [0.2, 0.25) is 0 Å². The van der Waals surface area contributed by atoms with Crippen molar-refractivity contribution in [2.75, 3.05) is 54.1 Å². The molecule has 0 aliphatic rings. The van der Waals surface area contributed by atoms with E-state index in [0.29, 0.717) is 13.0 Å². The fraction of sp³-hybridized carbons (Fsp3) is 0.967. The third-order valence-electron chi connectivity index (χ3n) is 6.68. The Labute approximate surface area is 240 Å². The summed E-state index contributed by atoms with van der Waals surface area (Å²) in [6, 6.07) is 0. The number of rotatable bonds is 29. The van der Waals surface area contributed by atoms with Crippen LogP contribution in [-0.4, -0.2) is 75.6 Å². The Hall–Kier alpha value is -0.500. The molecule has 0 rings (SSSR count). The second-order valence-electron chi connectivity index (χ2n) is 11.9. The first-order chi connectivity index (χ1) is 18.6. The standard InChI is InChI=1S/C30H62NO7P/c1-6-7-8-9-10-11-12-13-14-15-16-17-19-22-25-35-27-30(38-29(2)32)28-37-39(33,34)36-26-23-20-18-21-24-31(3,4)5/h30H,6-28H2,1-5H3/p+1/t30-/m1/s1. The number of unbranched alkanes of at least 4 members (excludes halogenated alkanes) is 16. The molecule has 0 bridgehead atoms. The van der Waals surface area contributed by atoms with Gasteiger partial charge in [-0.05, 0) is 25.7 Å². The van der Waals surface area contributed by atoms with Crippen molar-refractivity contribution in [3.63, 3.8) is 0 Å². The molecule has 234 valence electrons. The number of quaternary nitrogens is 1. The Bertz CT molecular complexity index is 613. The van der Waals surface area contributed by atoms with Gasteiger partial charge in [-0.3, -0.25) is 13.8 Å². The largest absolute Gasteiger partial charge is 0.472 e. The van der Waals surface area contributed by atoms with E-state index >= 15 is 0 Å². The third kappa shape index (κ3) is 30.3. The molecule has 0 radical (unpaired) electrons. The van der Waals surface area contributed by atoms with Crippen molar-refractivity contribution in [1.82, 2.24) is 0 Å². The summed E-state index contributed by atoms with van der Waals surface area (Å²) in [6.07, 6.45) is 21.3. The predicted octanol–water partition coefficient (Wildman–Crippen LogP) is 7.82. The third-order valence-corrected chi connectivity index (χ3v) is 7.66. The van der Waals surface area contributed by atoms with E-state index in [9.17, 15) is 14.3 Å². The van der Waals surface area contributed by atoms with Gasteiger partial charge in [0, 0.05) is 13.5 Å². The highest BCUT2D eigenvalue weighted by atomic mass is 31.2. The van der Waals surface area contributed by atoms with E-state index in [4.69, 9.17) is 18.5 Å². The van der Waals surface area contributed by atoms with E-state index in [1.54, 1.807) is 0 Å². The lowest BCUT2D eigenvalue weighted by atomic mass is 10.0. The van der Waals surface area contributed by atoms with Gasteiger partial charge in [0.25, 0.3) is 0 Å². The van der Waals surface area contributed by atoms with Crippen LogP contribution in [0.1, 0.15) is 129 Å². The van der Waals surface area contributed by atoms with Gasteiger partial charge in [0.05, 0.1) is 47.5 Å². The Balaban J connectivity index is 3.80. The molecule has 0 aliphatic carbocycles. The zero-order chi connectivity index (χ0) is 29.2. The van der Waals surface area contributed by atoms with Gasteiger partial charge in [0.15, 0.2) is 0 Å². The Kier molecular flexibility index (Phi) is 24.9. The monoisotopic (exact) mass is 580 g/mol. The number of hydrogen-bond acceptors (Lipinski definition) is 6. The molecule has 0 aliphatic heterocycles.